The van der Waals surface area contributed by atoms with Crippen molar-refractivity contribution in [2.45, 2.75) is 19.0 Å². The largest absolute Gasteiger partial charge is 0.416 e. The van der Waals surface area contributed by atoms with Gasteiger partial charge in [0.1, 0.15) is 5.82 Å². The lowest BCUT2D eigenvalue weighted by Gasteiger charge is -2.11. The molecule has 0 atom stereocenters. The topological polar surface area (TPSA) is 41.1 Å². The van der Waals surface area contributed by atoms with Crippen LogP contribution in [0, 0.1) is 5.82 Å². The zero-order valence-corrected chi connectivity index (χ0v) is 13.4. The Morgan fingerprint density at radius 3 is 2.48 bits per heavy atom. The van der Waals surface area contributed by atoms with E-state index in [4.69, 9.17) is 0 Å². The molecule has 3 nitrogen and oxygen atoms in total. The zero-order chi connectivity index (χ0) is 18.3. The van der Waals surface area contributed by atoms with Crippen LogP contribution in [0.5, 0.6) is 0 Å². The van der Waals surface area contributed by atoms with Crippen LogP contribution in [0.4, 0.5) is 23.2 Å². The number of hydrogen-bond acceptors (Lipinski definition) is 2. The van der Waals surface area contributed by atoms with Crippen LogP contribution in [0.3, 0.4) is 0 Å². The molecule has 0 unspecified atom stereocenters. The molecule has 0 aliphatic rings. The SMILES string of the molecule is O=C(CCNc1cccc(C(F)(F)F)c1)NCCc1ccccc1F. The van der Waals surface area contributed by atoms with E-state index in [0.717, 1.165) is 12.1 Å². The molecule has 7 heteroatoms. The van der Waals surface area contributed by atoms with Crippen molar-refractivity contribution in [3.63, 3.8) is 0 Å². The number of alkyl halides is 3. The fourth-order valence-electron chi connectivity index (χ4n) is 2.25. The number of benzene rings is 2. The molecule has 1 amide bonds. The Morgan fingerprint density at radius 2 is 1.76 bits per heavy atom. The molecule has 0 saturated heterocycles. The van der Waals surface area contributed by atoms with Crippen LogP contribution in [0.15, 0.2) is 48.5 Å². The highest BCUT2D eigenvalue weighted by molar-refractivity contribution is 5.76. The first kappa shape index (κ1) is 18.8. The molecule has 25 heavy (non-hydrogen) atoms. The Labute approximate surface area is 143 Å². The van der Waals surface area contributed by atoms with Gasteiger partial charge in [-0.1, -0.05) is 24.3 Å². The zero-order valence-electron chi connectivity index (χ0n) is 13.4. The molecule has 0 bridgehead atoms. The Morgan fingerprint density at radius 1 is 1.00 bits per heavy atom. The monoisotopic (exact) mass is 354 g/mol. The minimum atomic E-state index is -4.40. The van der Waals surface area contributed by atoms with E-state index in [0.29, 0.717) is 24.2 Å². The molecule has 2 N–H and O–H groups in total. The highest BCUT2D eigenvalue weighted by atomic mass is 19.4. The third kappa shape index (κ3) is 6.10. The second-order valence-electron chi connectivity index (χ2n) is 5.45. The van der Waals surface area contributed by atoms with Crippen LogP contribution >= 0.6 is 0 Å². The summed E-state index contributed by atoms with van der Waals surface area (Å²) in [5.74, 6) is -0.571. The van der Waals surface area contributed by atoms with Crippen molar-refractivity contribution < 1.29 is 22.4 Å². The quantitative estimate of drug-likeness (QED) is 0.738. The van der Waals surface area contributed by atoms with E-state index < -0.39 is 11.7 Å². The van der Waals surface area contributed by atoms with E-state index in [2.05, 4.69) is 10.6 Å². The summed E-state index contributed by atoms with van der Waals surface area (Å²) in [4.78, 5) is 11.7. The van der Waals surface area contributed by atoms with Gasteiger partial charge in [0.2, 0.25) is 5.91 Å². The predicted octanol–water partition coefficient (Wildman–Crippen LogP) is 4.01. The molecule has 0 spiro atoms. The summed E-state index contributed by atoms with van der Waals surface area (Å²) in [6.07, 6.45) is -3.92. The van der Waals surface area contributed by atoms with Gasteiger partial charge in [0, 0.05) is 25.2 Å². The summed E-state index contributed by atoms with van der Waals surface area (Å²) < 4.78 is 51.2. The smallest absolute Gasteiger partial charge is 0.385 e. The van der Waals surface area contributed by atoms with Gasteiger partial charge in [0.15, 0.2) is 0 Å². The van der Waals surface area contributed by atoms with Gasteiger partial charge in [0.25, 0.3) is 0 Å². The molecule has 2 rings (SSSR count). The minimum Gasteiger partial charge on any atom is -0.385 e. The number of amides is 1. The second-order valence-corrected chi connectivity index (χ2v) is 5.45. The molecule has 2 aromatic carbocycles. The number of nitrogens with one attached hydrogen (secondary N) is 2. The van der Waals surface area contributed by atoms with Gasteiger partial charge in [-0.05, 0) is 36.2 Å². The van der Waals surface area contributed by atoms with E-state index in [1.807, 2.05) is 0 Å². The van der Waals surface area contributed by atoms with Gasteiger partial charge in [-0.15, -0.1) is 0 Å². The lowest BCUT2D eigenvalue weighted by atomic mass is 10.1. The van der Waals surface area contributed by atoms with Crippen LogP contribution in [0.2, 0.25) is 0 Å². The van der Waals surface area contributed by atoms with E-state index in [-0.39, 0.29) is 24.7 Å². The lowest BCUT2D eigenvalue weighted by molar-refractivity contribution is -0.137. The second kappa shape index (κ2) is 8.50. The number of carbonyl (C=O) groups excluding carboxylic acids is 1. The Balaban J connectivity index is 1.71. The van der Waals surface area contributed by atoms with Crippen LogP contribution in [0.25, 0.3) is 0 Å². The van der Waals surface area contributed by atoms with Crippen molar-refractivity contribution >= 4 is 11.6 Å². The maximum Gasteiger partial charge on any atom is 0.416 e. The summed E-state index contributed by atoms with van der Waals surface area (Å²) in [7, 11) is 0. The van der Waals surface area contributed by atoms with Crippen molar-refractivity contribution in [1.82, 2.24) is 5.32 Å². The van der Waals surface area contributed by atoms with Crippen molar-refractivity contribution in [3.8, 4) is 0 Å². The Hall–Kier alpha value is -2.57. The van der Waals surface area contributed by atoms with Gasteiger partial charge < -0.3 is 10.6 Å². The first-order valence-electron chi connectivity index (χ1n) is 7.77. The number of hydrogen-bond donors (Lipinski definition) is 2. The highest BCUT2D eigenvalue weighted by Gasteiger charge is 2.30. The lowest BCUT2D eigenvalue weighted by Crippen LogP contribution is -2.27. The molecule has 0 aliphatic carbocycles. The first-order valence-corrected chi connectivity index (χ1v) is 7.77. The van der Waals surface area contributed by atoms with Gasteiger partial charge in [0.05, 0.1) is 5.56 Å². The van der Waals surface area contributed by atoms with Gasteiger partial charge in [-0.25, -0.2) is 4.39 Å². The summed E-state index contributed by atoms with van der Waals surface area (Å²) in [6.45, 7) is 0.496. The first-order chi connectivity index (χ1) is 11.9. The summed E-state index contributed by atoms with van der Waals surface area (Å²) >= 11 is 0. The van der Waals surface area contributed by atoms with Gasteiger partial charge in [-0.2, -0.15) is 13.2 Å². The van der Waals surface area contributed by atoms with Crippen LogP contribution < -0.4 is 10.6 Å². The van der Waals surface area contributed by atoms with Gasteiger partial charge >= 0.3 is 6.18 Å². The molecule has 0 heterocycles. The van der Waals surface area contributed by atoms with Crippen LogP contribution in [-0.4, -0.2) is 19.0 Å². The standard InChI is InChI=1S/C18H18F4N2O/c19-16-7-2-1-4-13(16)8-10-24-17(25)9-11-23-15-6-3-5-14(12-15)18(20,21)22/h1-7,12,23H,8-11H2,(H,24,25). The van der Waals surface area contributed by atoms with Crippen LogP contribution in [0.1, 0.15) is 17.5 Å². The van der Waals surface area contributed by atoms with E-state index >= 15 is 0 Å². The fraction of sp³-hybridized carbons (Fsp3) is 0.278. The molecule has 0 aromatic heterocycles. The predicted molar refractivity (Wildman–Crippen MR) is 87.7 cm³/mol. The molecular weight excluding hydrogens is 336 g/mol. The molecule has 0 radical (unpaired) electrons. The highest BCUT2D eigenvalue weighted by Crippen LogP contribution is 2.30. The molecule has 0 saturated carbocycles. The van der Waals surface area contributed by atoms with Crippen molar-refractivity contribution in [3.05, 3.63) is 65.5 Å². The summed E-state index contributed by atoms with van der Waals surface area (Å²) in [6, 6.07) is 11.1. The van der Waals surface area contributed by atoms with Crippen molar-refractivity contribution in [1.29, 1.82) is 0 Å². The number of halogens is 4. The summed E-state index contributed by atoms with van der Waals surface area (Å²) in [5, 5.41) is 5.44. The average molecular weight is 354 g/mol. The number of rotatable bonds is 7. The third-order valence-electron chi connectivity index (χ3n) is 3.55. The Kier molecular flexibility index (Phi) is 6.38. The number of carbonyl (C=O) groups is 1. The average Bonchev–Trinajstić information content (AvgIpc) is 2.56. The molecule has 0 aliphatic heterocycles. The maximum absolute atomic E-state index is 13.4. The van der Waals surface area contributed by atoms with Crippen molar-refractivity contribution in [2.24, 2.45) is 0 Å². The molecule has 134 valence electrons. The molecule has 2 aromatic rings. The summed E-state index contributed by atoms with van der Waals surface area (Å²) in [5.41, 5.74) is 0.0747. The van der Waals surface area contributed by atoms with E-state index in [1.165, 1.54) is 18.2 Å². The number of anilines is 1. The van der Waals surface area contributed by atoms with Gasteiger partial charge in [-0.3, -0.25) is 4.79 Å². The third-order valence-corrected chi connectivity index (χ3v) is 3.55. The fourth-order valence-corrected chi connectivity index (χ4v) is 2.25. The maximum atomic E-state index is 13.4. The van der Waals surface area contributed by atoms with E-state index in [9.17, 15) is 22.4 Å². The van der Waals surface area contributed by atoms with E-state index in [1.54, 1.807) is 18.2 Å². The minimum absolute atomic E-state index is 0.105. The normalized spacial score (nSPS) is 11.2. The van der Waals surface area contributed by atoms with Crippen molar-refractivity contribution in [2.75, 3.05) is 18.4 Å². The van der Waals surface area contributed by atoms with Crippen LogP contribution in [-0.2, 0) is 17.4 Å². The molecular formula is C18H18F4N2O. The Bertz CT molecular complexity index is 716. The molecule has 0 fully saturated rings.